The minimum absolute atomic E-state index is 0.159. The van der Waals surface area contributed by atoms with Crippen LogP contribution in [0.3, 0.4) is 0 Å². The number of ether oxygens (including phenoxy) is 2. The average molecular weight is 385 g/mol. The Morgan fingerprint density at radius 2 is 1.72 bits per heavy atom. The topological polar surface area (TPSA) is 91.2 Å². The molecule has 1 aliphatic rings. The Morgan fingerprint density at radius 3 is 2.62 bits per heavy atom. The van der Waals surface area contributed by atoms with E-state index in [2.05, 4.69) is 20.7 Å². The summed E-state index contributed by atoms with van der Waals surface area (Å²) >= 11 is 0. The largest absolute Gasteiger partial charge is 0.454 e. The predicted octanol–water partition coefficient (Wildman–Crippen LogP) is 3.31. The molecule has 0 radical (unpaired) electrons. The van der Waals surface area contributed by atoms with Crippen LogP contribution in [0.5, 0.6) is 11.5 Å². The van der Waals surface area contributed by atoms with Crippen molar-refractivity contribution in [2.45, 2.75) is 0 Å². The maximum absolute atomic E-state index is 12.8. The highest BCUT2D eigenvalue weighted by Crippen LogP contribution is 2.33. The first kappa shape index (κ1) is 16.9. The lowest BCUT2D eigenvalue weighted by atomic mass is 10.1. The van der Waals surface area contributed by atoms with Crippen LogP contribution in [0.15, 0.2) is 72.8 Å². The highest BCUT2D eigenvalue weighted by Gasteiger charge is 2.18. The number of rotatable bonds is 4. The van der Waals surface area contributed by atoms with Crippen molar-refractivity contribution in [3.05, 3.63) is 78.4 Å². The van der Waals surface area contributed by atoms with Gasteiger partial charge in [-0.15, -0.1) is 15.0 Å². The fourth-order valence-corrected chi connectivity index (χ4v) is 3.01. The summed E-state index contributed by atoms with van der Waals surface area (Å²) in [4.78, 5) is 14.2. The van der Waals surface area contributed by atoms with Crippen LogP contribution in [0.1, 0.15) is 10.4 Å². The van der Waals surface area contributed by atoms with Gasteiger partial charge in [-0.1, -0.05) is 30.3 Å². The molecule has 1 amide bonds. The Kier molecular flexibility index (Phi) is 4.14. The number of aromatic nitrogens is 4. The summed E-state index contributed by atoms with van der Waals surface area (Å²) in [7, 11) is 0. The molecular weight excluding hydrogens is 370 g/mol. The van der Waals surface area contributed by atoms with Crippen LogP contribution in [0.25, 0.3) is 17.1 Å². The Hall–Kier alpha value is -4.20. The SMILES string of the molecule is O=C(Nc1ccccc1-c1nnn(-c2ccccc2)n1)c1ccc2c(c1)OCO2. The highest BCUT2D eigenvalue weighted by molar-refractivity contribution is 6.06. The first-order chi connectivity index (χ1) is 14.3. The first-order valence-corrected chi connectivity index (χ1v) is 8.94. The monoisotopic (exact) mass is 385 g/mol. The smallest absolute Gasteiger partial charge is 0.255 e. The number of fused-ring (bicyclic) bond motifs is 1. The number of para-hydroxylation sites is 2. The molecule has 1 aliphatic heterocycles. The van der Waals surface area contributed by atoms with Gasteiger partial charge in [0.2, 0.25) is 12.6 Å². The van der Waals surface area contributed by atoms with Crippen molar-refractivity contribution < 1.29 is 14.3 Å². The standard InChI is InChI=1S/C21H15N5O3/c27-21(14-10-11-18-19(12-14)29-13-28-18)22-17-9-5-4-8-16(17)20-23-25-26(24-20)15-6-2-1-3-7-15/h1-12H,13H2,(H,22,27). The molecule has 0 saturated heterocycles. The third kappa shape index (κ3) is 3.27. The van der Waals surface area contributed by atoms with Gasteiger partial charge in [-0.05, 0) is 47.7 Å². The first-order valence-electron chi connectivity index (χ1n) is 8.94. The van der Waals surface area contributed by atoms with Crippen LogP contribution in [0.2, 0.25) is 0 Å². The number of hydrogen-bond acceptors (Lipinski definition) is 6. The Morgan fingerprint density at radius 1 is 0.931 bits per heavy atom. The van der Waals surface area contributed by atoms with Gasteiger partial charge in [0.25, 0.3) is 5.91 Å². The van der Waals surface area contributed by atoms with Crippen molar-refractivity contribution in [2.75, 3.05) is 12.1 Å². The molecule has 1 aromatic heterocycles. The minimum Gasteiger partial charge on any atom is -0.454 e. The molecule has 1 N–H and O–H groups in total. The highest BCUT2D eigenvalue weighted by atomic mass is 16.7. The normalized spacial score (nSPS) is 12.0. The fourth-order valence-electron chi connectivity index (χ4n) is 3.01. The summed E-state index contributed by atoms with van der Waals surface area (Å²) in [6, 6.07) is 21.9. The van der Waals surface area contributed by atoms with E-state index in [1.165, 1.54) is 4.80 Å². The van der Waals surface area contributed by atoms with Gasteiger partial charge in [-0.2, -0.15) is 0 Å². The van der Waals surface area contributed by atoms with Gasteiger partial charge in [0.15, 0.2) is 11.5 Å². The van der Waals surface area contributed by atoms with Gasteiger partial charge in [0.05, 0.1) is 11.4 Å². The van der Waals surface area contributed by atoms with Gasteiger partial charge in [0.1, 0.15) is 0 Å². The second-order valence-corrected chi connectivity index (χ2v) is 6.31. The maximum atomic E-state index is 12.8. The summed E-state index contributed by atoms with van der Waals surface area (Å²) < 4.78 is 10.6. The molecule has 5 rings (SSSR count). The lowest BCUT2D eigenvalue weighted by Gasteiger charge is -2.09. The molecule has 4 aromatic rings. The number of amides is 1. The zero-order chi connectivity index (χ0) is 19.6. The van der Waals surface area contributed by atoms with Crippen LogP contribution in [0.4, 0.5) is 5.69 Å². The Bertz CT molecular complexity index is 1190. The van der Waals surface area contributed by atoms with Crippen LogP contribution in [0, 0.1) is 0 Å². The van der Waals surface area contributed by atoms with Crippen molar-refractivity contribution in [1.82, 2.24) is 20.2 Å². The van der Waals surface area contributed by atoms with E-state index in [-0.39, 0.29) is 12.7 Å². The van der Waals surface area contributed by atoms with Crippen molar-refractivity contribution in [3.63, 3.8) is 0 Å². The van der Waals surface area contributed by atoms with Gasteiger partial charge in [0, 0.05) is 11.1 Å². The molecule has 0 spiro atoms. The molecule has 29 heavy (non-hydrogen) atoms. The van der Waals surface area contributed by atoms with E-state index in [0.29, 0.717) is 34.1 Å². The van der Waals surface area contributed by atoms with E-state index < -0.39 is 0 Å². The van der Waals surface area contributed by atoms with Crippen molar-refractivity contribution in [2.24, 2.45) is 0 Å². The predicted molar refractivity (Wildman–Crippen MR) is 105 cm³/mol. The number of nitrogens with one attached hydrogen (secondary N) is 1. The van der Waals surface area contributed by atoms with Gasteiger partial charge in [-0.25, -0.2) is 0 Å². The number of benzene rings is 3. The van der Waals surface area contributed by atoms with Crippen LogP contribution in [-0.4, -0.2) is 32.9 Å². The molecular formula is C21H15N5O3. The number of carbonyl (C=O) groups excluding carboxylic acids is 1. The van der Waals surface area contributed by atoms with Crippen LogP contribution in [-0.2, 0) is 0 Å². The van der Waals surface area contributed by atoms with Crippen LogP contribution < -0.4 is 14.8 Å². The van der Waals surface area contributed by atoms with E-state index in [0.717, 1.165) is 5.69 Å². The number of hydrogen-bond donors (Lipinski definition) is 1. The molecule has 0 fully saturated rings. The molecule has 8 heteroatoms. The van der Waals surface area contributed by atoms with E-state index in [1.54, 1.807) is 24.3 Å². The van der Waals surface area contributed by atoms with Crippen molar-refractivity contribution >= 4 is 11.6 Å². The lowest BCUT2D eigenvalue weighted by Crippen LogP contribution is -2.12. The zero-order valence-corrected chi connectivity index (χ0v) is 15.1. The van der Waals surface area contributed by atoms with Crippen molar-refractivity contribution in [3.8, 4) is 28.6 Å². The molecule has 0 bridgehead atoms. The summed E-state index contributed by atoms with van der Waals surface area (Å²) in [6.07, 6.45) is 0. The summed E-state index contributed by atoms with van der Waals surface area (Å²) in [5.41, 5.74) is 2.52. The van der Waals surface area contributed by atoms with E-state index in [9.17, 15) is 4.79 Å². The molecule has 0 atom stereocenters. The Labute approximate surface area is 165 Å². The second-order valence-electron chi connectivity index (χ2n) is 6.31. The molecule has 8 nitrogen and oxygen atoms in total. The molecule has 0 aliphatic carbocycles. The van der Waals surface area contributed by atoms with E-state index in [1.807, 2.05) is 48.5 Å². The van der Waals surface area contributed by atoms with E-state index >= 15 is 0 Å². The summed E-state index contributed by atoms with van der Waals surface area (Å²) in [6.45, 7) is 0.159. The average Bonchev–Trinajstić information content (AvgIpc) is 3.44. The number of carbonyl (C=O) groups is 1. The third-order valence-corrected chi connectivity index (χ3v) is 4.45. The lowest BCUT2D eigenvalue weighted by molar-refractivity contribution is 0.102. The van der Waals surface area contributed by atoms with Crippen molar-refractivity contribution in [1.29, 1.82) is 0 Å². The molecule has 142 valence electrons. The van der Waals surface area contributed by atoms with Gasteiger partial charge in [-0.3, -0.25) is 4.79 Å². The number of tetrazole rings is 1. The van der Waals surface area contributed by atoms with Gasteiger partial charge >= 0.3 is 0 Å². The summed E-state index contributed by atoms with van der Waals surface area (Å²) in [5.74, 6) is 1.32. The quantitative estimate of drug-likeness (QED) is 0.580. The van der Waals surface area contributed by atoms with E-state index in [4.69, 9.17) is 9.47 Å². The molecule has 0 saturated carbocycles. The Balaban J connectivity index is 1.43. The molecule has 3 aromatic carbocycles. The molecule has 2 heterocycles. The minimum atomic E-state index is -0.272. The van der Waals surface area contributed by atoms with Gasteiger partial charge < -0.3 is 14.8 Å². The zero-order valence-electron chi connectivity index (χ0n) is 15.1. The second kappa shape index (κ2) is 7.08. The third-order valence-electron chi connectivity index (χ3n) is 4.45. The fraction of sp³-hybridized carbons (Fsp3) is 0.0476. The van der Waals surface area contributed by atoms with Crippen LogP contribution >= 0.6 is 0 Å². The number of anilines is 1. The maximum Gasteiger partial charge on any atom is 0.255 e. The number of nitrogens with zero attached hydrogens (tertiary/aromatic N) is 4. The molecule has 0 unspecified atom stereocenters. The summed E-state index contributed by atoms with van der Waals surface area (Å²) in [5, 5.41) is 15.6.